The quantitative estimate of drug-likeness (QED) is 0.744. The lowest BCUT2D eigenvalue weighted by molar-refractivity contribution is -0.137. The molecule has 1 unspecified atom stereocenters. The molecule has 0 heterocycles. The Kier molecular flexibility index (Phi) is 6.37. The standard InChI is InChI=1S/C18H17ClF3NO3/c1-3-16(26-13-6-4-5-12(10-13)25-2)17(24)23-15-9-11(18(20,21)22)7-8-14(15)19/h4-10,16H,3H2,1-2H3,(H,23,24). The molecule has 0 aliphatic rings. The number of ether oxygens (including phenoxy) is 2. The van der Waals surface area contributed by atoms with Crippen LogP contribution < -0.4 is 14.8 Å². The molecule has 4 nitrogen and oxygen atoms in total. The van der Waals surface area contributed by atoms with Crippen LogP contribution in [0.25, 0.3) is 0 Å². The summed E-state index contributed by atoms with van der Waals surface area (Å²) in [7, 11) is 1.50. The van der Waals surface area contributed by atoms with Crippen molar-refractivity contribution in [2.45, 2.75) is 25.6 Å². The van der Waals surface area contributed by atoms with E-state index >= 15 is 0 Å². The number of rotatable bonds is 6. The van der Waals surface area contributed by atoms with E-state index in [4.69, 9.17) is 21.1 Å². The average molecular weight is 388 g/mol. The number of carbonyl (C=O) groups excluding carboxylic acids is 1. The molecule has 0 spiro atoms. The van der Waals surface area contributed by atoms with Gasteiger partial charge in [-0.05, 0) is 36.8 Å². The number of amides is 1. The zero-order chi connectivity index (χ0) is 19.3. The Morgan fingerprint density at radius 3 is 2.50 bits per heavy atom. The Morgan fingerprint density at radius 1 is 1.19 bits per heavy atom. The molecule has 2 aromatic carbocycles. The SMILES string of the molecule is CCC(Oc1cccc(OC)c1)C(=O)Nc1cc(C(F)(F)F)ccc1Cl. The van der Waals surface area contributed by atoms with Crippen molar-refractivity contribution in [1.82, 2.24) is 0 Å². The summed E-state index contributed by atoms with van der Waals surface area (Å²) in [6.45, 7) is 1.72. The highest BCUT2D eigenvalue weighted by molar-refractivity contribution is 6.33. The Balaban J connectivity index is 2.16. The molecule has 0 saturated carbocycles. The van der Waals surface area contributed by atoms with Crippen LogP contribution in [0.1, 0.15) is 18.9 Å². The molecule has 0 saturated heterocycles. The lowest BCUT2D eigenvalue weighted by Gasteiger charge is -2.18. The molecule has 0 aliphatic heterocycles. The summed E-state index contributed by atoms with van der Waals surface area (Å²) in [5.41, 5.74) is -1.03. The van der Waals surface area contributed by atoms with E-state index in [0.29, 0.717) is 17.9 Å². The zero-order valence-electron chi connectivity index (χ0n) is 14.1. The second kappa shape index (κ2) is 8.31. The first kappa shape index (κ1) is 19.9. The minimum atomic E-state index is -4.54. The summed E-state index contributed by atoms with van der Waals surface area (Å²) in [4.78, 5) is 12.4. The number of carbonyl (C=O) groups is 1. The van der Waals surface area contributed by atoms with Gasteiger partial charge < -0.3 is 14.8 Å². The summed E-state index contributed by atoms with van der Waals surface area (Å²) in [6, 6.07) is 9.39. The average Bonchev–Trinajstić information content (AvgIpc) is 2.60. The molecule has 0 radical (unpaired) electrons. The molecule has 8 heteroatoms. The van der Waals surface area contributed by atoms with Gasteiger partial charge in [0.25, 0.3) is 5.91 Å². The lowest BCUT2D eigenvalue weighted by atomic mass is 10.1. The van der Waals surface area contributed by atoms with Gasteiger partial charge in [0.1, 0.15) is 11.5 Å². The van der Waals surface area contributed by atoms with Crippen LogP contribution in [0, 0.1) is 0 Å². The van der Waals surface area contributed by atoms with Crippen molar-refractivity contribution in [3.05, 3.63) is 53.1 Å². The maximum atomic E-state index is 12.8. The molecule has 0 fully saturated rings. The van der Waals surface area contributed by atoms with E-state index in [9.17, 15) is 18.0 Å². The maximum Gasteiger partial charge on any atom is 0.416 e. The van der Waals surface area contributed by atoms with Gasteiger partial charge in [-0.25, -0.2) is 0 Å². The molecule has 26 heavy (non-hydrogen) atoms. The number of benzene rings is 2. The van der Waals surface area contributed by atoms with Crippen LogP contribution in [0.3, 0.4) is 0 Å². The second-order valence-electron chi connectivity index (χ2n) is 5.38. The van der Waals surface area contributed by atoms with Crippen molar-refractivity contribution in [2.24, 2.45) is 0 Å². The van der Waals surface area contributed by atoms with Crippen LogP contribution in [-0.2, 0) is 11.0 Å². The summed E-state index contributed by atoms with van der Waals surface area (Å²) in [5.74, 6) is 0.358. The highest BCUT2D eigenvalue weighted by Gasteiger charge is 2.31. The van der Waals surface area contributed by atoms with Gasteiger partial charge in [0.05, 0.1) is 23.4 Å². The summed E-state index contributed by atoms with van der Waals surface area (Å²) in [6.07, 6.45) is -5.14. The van der Waals surface area contributed by atoms with Gasteiger partial charge in [0.15, 0.2) is 6.10 Å². The fourth-order valence-corrected chi connectivity index (χ4v) is 2.34. The topological polar surface area (TPSA) is 47.6 Å². The van der Waals surface area contributed by atoms with Crippen LogP contribution in [0.2, 0.25) is 5.02 Å². The Bertz CT molecular complexity index is 781. The third-order valence-electron chi connectivity index (χ3n) is 3.53. The molecule has 1 N–H and O–H groups in total. The van der Waals surface area contributed by atoms with E-state index in [1.54, 1.807) is 31.2 Å². The number of nitrogens with one attached hydrogen (secondary N) is 1. The lowest BCUT2D eigenvalue weighted by Crippen LogP contribution is -2.32. The minimum absolute atomic E-state index is 0.00239. The van der Waals surface area contributed by atoms with Gasteiger partial charge in [-0.2, -0.15) is 13.2 Å². The molecular formula is C18H17ClF3NO3. The van der Waals surface area contributed by atoms with Gasteiger partial charge in [0, 0.05) is 6.07 Å². The van der Waals surface area contributed by atoms with E-state index in [1.807, 2.05) is 0 Å². The largest absolute Gasteiger partial charge is 0.497 e. The first-order valence-corrected chi connectivity index (χ1v) is 8.10. The second-order valence-corrected chi connectivity index (χ2v) is 5.78. The number of alkyl halides is 3. The molecule has 0 bridgehead atoms. The van der Waals surface area contributed by atoms with E-state index in [-0.39, 0.29) is 10.7 Å². The number of hydrogen-bond donors (Lipinski definition) is 1. The third kappa shape index (κ3) is 5.05. The molecular weight excluding hydrogens is 371 g/mol. The van der Waals surface area contributed by atoms with Crippen LogP contribution in [0.15, 0.2) is 42.5 Å². The Labute approximate surface area is 153 Å². The predicted octanol–water partition coefficient (Wildman–Crippen LogP) is 5.16. The van der Waals surface area contributed by atoms with Gasteiger partial charge >= 0.3 is 6.18 Å². The Hall–Kier alpha value is -2.41. The Morgan fingerprint density at radius 2 is 1.88 bits per heavy atom. The van der Waals surface area contributed by atoms with Crippen LogP contribution in [-0.4, -0.2) is 19.1 Å². The first-order valence-electron chi connectivity index (χ1n) is 7.73. The predicted molar refractivity (Wildman–Crippen MR) is 92.8 cm³/mol. The molecule has 2 rings (SSSR count). The molecule has 2 aromatic rings. The van der Waals surface area contributed by atoms with Crippen molar-refractivity contribution in [1.29, 1.82) is 0 Å². The summed E-state index contributed by atoms with van der Waals surface area (Å²) >= 11 is 5.90. The molecule has 0 aromatic heterocycles. The number of anilines is 1. The summed E-state index contributed by atoms with van der Waals surface area (Å²) < 4.78 is 49.2. The van der Waals surface area contributed by atoms with Crippen LogP contribution >= 0.6 is 11.6 Å². The van der Waals surface area contributed by atoms with Crippen molar-refractivity contribution in [3.63, 3.8) is 0 Å². The minimum Gasteiger partial charge on any atom is -0.497 e. The van der Waals surface area contributed by atoms with Crippen LogP contribution in [0.4, 0.5) is 18.9 Å². The molecule has 1 atom stereocenters. The van der Waals surface area contributed by atoms with Crippen molar-refractivity contribution in [2.75, 3.05) is 12.4 Å². The van der Waals surface area contributed by atoms with Crippen molar-refractivity contribution < 1.29 is 27.4 Å². The van der Waals surface area contributed by atoms with Gasteiger partial charge in [-0.15, -0.1) is 0 Å². The van der Waals surface area contributed by atoms with E-state index < -0.39 is 23.8 Å². The zero-order valence-corrected chi connectivity index (χ0v) is 14.8. The highest BCUT2D eigenvalue weighted by Crippen LogP contribution is 2.34. The van der Waals surface area contributed by atoms with Gasteiger partial charge in [-0.3, -0.25) is 4.79 Å². The van der Waals surface area contributed by atoms with Crippen molar-refractivity contribution >= 4 is 23.2 Å². The van der Waals surface area contributed by atoms with Crippen LogP contribution in [0.5, 0.6) is 11.5 Å². The van der Waals surface area contributed by atoms with E-state index in [0.717, 1.165) is 18.2 Å². The molecule has 140 valence electrons. The molecule has 1 amide bonds. The smallest absolute Gasteiger partial charge is 0.416 e. The normalized spacial score (nSPS) is 12.4. The first-order chi connectivity index (χ1) is 12.2. The summed E-state index contributed by atoms with van der Waals surface area (Å²) in [5, 5.41) is 2.40. The van der Waals surface area contributed by atoms with E-state index in [1.165, 1.54) is 7.11 Å². The maximum absolute atomic E-state index is 12.8. The fraction of sp³-hybridized carbons (Fsp3) is 0.278. The van der Waals surface area contributed by atoms with Gasteiger partial charge in [0.2, 0.25) is 0 Å². The number of halogens is 4. The number of methoxy groups -OCH3 is 1. The van der Waals surface area contributed by atoms with Crippen molar-refractivity contribution in [3.8, 4) is 11.5 Å². The van der Waals surface area contributed by atoms with Gasteiger partial charge in [-0.1, -0.05) is 24.6 Å². The monoisotopic (exact) mass is 387 g/mol. The highest BCUT2D eigenvalue weighted by atomic mass is 35.5. The van der Waals surface area contributed by atoms with E-state index in [2.05, 4.69) is 5.32 Å². The molecule has 0 aliphatic carbocycles. The third-order valence-corrected chi connectivity index (χ3v) is 3.86. The fourth-order valence-electron chi connectivity index (χ4n) is 2.17. The number of hydrogen-bond acceptors (Lipinski definition) is 3.